The van der Waals surface area contributed by atoms with Crippen LogP contribution in [0.5, 0.6) is 0 Å². The van der Waals surface area contributed by atoms with E-state index in [1.165, 1.54) is 6.92 Å². The summed E-state index contributed by atoms with van der Waals surface area (Å²) in [4.78, 5) is 9.60. The van der Waals surface area contributed by atoms with Crippen LogP contribution >= 0.6 is 0 Å². The van der Waals surface area contributed by atoms with Crippen molar-refractivity contribution in [2.75, 3.05) is 6.61 Å². The van der Waals surface area contributed by atoms with Crippen LogP contribution in [0, 0.1) is 6.92 Å². The van der Waals surface area contributed by atoms with Gasteiger partial charge in [-0.2, -0.15) is 6.42 Å². The average Bonchev–Trinajstić information content (AvgIpc) is 1.89. The first kappa shape index (κ1) is 17.3. The molecule has 0 bridgehead atoms. The molecule has 60 valence electrons. The molecule has 0 aromatic rings. The van der Waals surface area contributed by atoms with E-state index in [1.54, 1.807) is 0 Å². The van der Waals surface area contributed by atoms with Gasteiger partial charge in [0, 0.05) is 12.2 Å². The number of carbonyl (C=O) groups is 1. The Balaban J connectivity index is -0.000000114. The van der Waals surface area contributed by atoms with Crippen LogP contribution in [-0.4, -0.2) is 22.8 Å². The second-order valence-corrected chi connectivity index (χ2v) is 1.66. The molecular formula is C7H13NaO3. The Morgan fingerprint density at radius 2 is 1.82 bits per heavy atom. The molecular weight excluding hydrogens is 155 g/mol. The zero-order valence-corrected chi connectivity index (χ0v) is 9.13. The van der Waals surface area contributed by atoms with Crippen LogP contribution in [0.15, 0.2) is 12.2 Å². The first-order valence-electron chi connectivity index (χ1n) is 2.85. The maximum atomic E-state index is 9.60. The van der Waals surface area contributed by atoms with Crippen molar-refractivity contribution >= 4 is 5.97 Å². The first-order valence-corrected chi connectivity index (χ1v) is 2.85. The third-order valence-electron chi connectivity index (χ3n) is 0.523. The Bertz CT molecular complexity index is 98.3. The minimum Gasteiger partial charge on any atom is -0.478 e. The molecule has 0 aromatic carbocycles. The zero-order valence-electron chi connectivity index (χ0n) is 7.13. The molecule has 0 heterocycles. The molecule has 0 atom stereocenters. The number of aliphatic carboxylic acids is 1. The normalized spacial score (nSPS) is 6.82. The van der Waals surface area contributed by atoms with Crippen molar-refractivity contribution in [1.82, 2.24) is 0 Å². The number of rotatable bonds is 2. The van der Waals surface area contributed by atoms with Crippen molar-refractivity contribution in [3.63, 3.8) is 0 Å². The van der Waals surface area contributed by atoms with Gasteiger partial charge in [-0.1, -0.05) is 6.58 Å². The number of aliphatic hydroxyl groups excluding tert-OH is 1. The smallest absolute Gasteiger partial charge is 0.478 e. The summed E-state index contributed by atoms with van der Waals surface area (Å²) in [5.41, 5.74) is 0.176. The van der Waals surface area contributed by atoms with Gasteiger partial charge in [-0.3, -0.25) is 0 Å². The maximum Gasteiger partial charge on any atom is 1.00 e. The van der Waals surface area contributed by atoms with E-state index in [0.717, 1.165) is 0 Å². The fourth-order valence-corrected chi connectivity index (χ4v) is 0. The van der Waals surface area contributed by atoms with Crippen LogP contribution in [0.4, 0.5) is 0 Å². The summed E-state index contributed by atoms with van der Waals surface area (Å²) in [6.07, 6.45) is 0.625. The Kier molecular flexibility index (Phi) is 20.2. The fourth-order valence-electron chi connectivity index (χ4n) is 0. The van der Waals surface area contributed by atoms with Gasteiger partial charge in [0.15, 0.2) is 0 Å². The molecule has 4 heteroatoms. The van der Waals surface area contributed by atoms with Crippen molar-refractivity contribution < 1.29 is 44.6 Å². The molecule has 0 saturated carbocycles. The Labute approximate surface area is 89.4 Å². The van der Waals surface area contributed by atoms with Crippen LogP contribution < -0.4 is 29.6 Å². The zero-order chi connectivity index (χ0) is 8.57. The molecule has 2 N–H and O–H groups in total. The molecule has 0 radical (unpaired) electrons. The van der Waals surface area contributed by atoms with Gasteiger partial charge in [0.1, 0.15) is 0 Å². The van der Waals surface area contributed by atoms with Gasteiger partial charge >= 0.3 is 35.5 Å². The molecule has 0 spiro atoms. The molecule has 0 aliphatic rings. The first-order chi connectivity index (χ1) is 4.56. The van der Waals surface area contributed by atoms with E-state index in [0.29, 0.717) is 6.42 Å². The van der Waals surface area contributed by atoms with Crippen LogP contribution in [0.3, 0.4) is 0 Å². The summed E-state index contributed by atoms with van der Waals surface area (Å²) in [5, 5.41) is 15.7. The van der Waals surface area contributed by atoms with E-state index in [1.807, 2.05) is 0 Å². The van der Waals surface area contributed by atoms with Crippen molar-refractivity contribution in [3.8, 4) is 0 Å². The molecule has 0 aliphatic heterocycles. The van der Waals surface area contributed by atoms with E-state index in [4.69, 9.17) is 10.2 Å². The predicted octanol–water partition coefficient (Wildman–Crippen LogP) is -2.15. The summed E-state index contributed by atoms with van der Waals surface area (Å²) in [5.74, 6) is -0.935. The molecule has 0 aliphatic carbocycles. The molecule has 0 saturated heterocycles. The van der Waals surface area contributed by atoms with E-state index in [2.05, 4.69) is 13.5 Å². The maximum absolute atomic E-state index is 9.60. The molecule has 0 rings (SSSR count). The second-order valence-electron chi connectivity index (χ2n) is 1.66. The number of carboxylic acids is 1. The molecule has 11 heavy (non-hydrogen) atoms. The van der Waals surface area contributed by atoms with Gasteiger partial charge in [0.25, 0.3) is 0 Å². The minimum absolute atomic E-state index is 0. The van der Waals surface area contributed by atoms with Gasteiger partial charge in [-0.05, 0) is 6.92 Å². The van der Waals surface area contributed by atoms with Crippen molar-refractivity contribution in [3.05, 3.63) is 19.1 Å². The Hall–Kier alpha value is 0.170. The quantitative estimate of drug-likeness (QED) is 0.281. The van der Waals surface area contributed by atoms with Crippen molar-refractivity contribution in [2.24, 2.45) is 0 Å². The summed E-state index contributed by atoms with van der Waals surface area (Å²) in [7, 11) is 0. The van der Waals surface area contributed by atoms with E-state index in [9.17, 15) is 4.79 Å². The monoisotopic (exact) mass is 168 g/mol. The minimum atomic E-state index is -0.935. The van der Waals surface area contributed by atoms with Gasteiger partial charge < -0.3 is 17.1 Å². The standard InChI is InChI=1S/C4H6O2.C3H7O.Na/c1-3(2)4(5)6;1-2-3-4;/h1H2,2H3,(H,5,6);4H,1-3H2;/q;-1;+1. The topological polar surface area (TPSA) is 57.5 Å². The van der Waals surface area contributed by atoms with Crippen LogP contribution in [-0.2, 0) is 4.79 Å². The average molecular weight is 168 g/mol. The van der Waals surface area contributed by atoms with Crippen molar-refractivity contribution in [2.45, 2.75) is 13.3 Å². The third kappa shape index (κ3) is 25.4. The van der Waals surface area contributed by atoms with Gasteiger partial charge in [-0.25, -0.2) is 4.79 Å². The second kappa shape index (κ2) is 12.8. The molecule has 0 fully saturated rings. The van der Waals surface area contributed by atoms with E-state index in [-0.39, 0.29) is 41.7 Å². The largest absolute Gasteiger partial charge is 1.00 e. The van der Waals surface area contributed by atoms with E-state index < -0.39 is 5.97 Å². The fraction of sp³-hybridized carbons (Fsp3) is 0.429. The van der Waals surface area contributed by atoms with Crippen molar-refractivity contribution in [1.29, 1.82) is 0 Å². The Morgan fingerprint density at radius 1 is 1.64 bits per heavy atom. The number of hydrogen-bond acceptors (Lipinski definition) is 2. The van der Waals surface area contributed by atoms with Crippen LogP contribution in [0.2, 0.25) is 0 Å². The molecule has 0 amide bonds. The SMILES string of the molecule is C=C(C)C(=O)O.[CH2-]CCO.[Na+]. The summed E-state index contributed by atoms with van der Waals surface area (Å²) in [6.45, 7) is 8.16. The van der Waals surface area contributed by atoms with Gasteiger partial charge in [0.05, 0.1) is 0 Å². The molecule has 0 unspecified atom stereocenters. The van der Waals surface area contributed by atoms with Gasteiger partial charge in [-0.15, -0.1) is 0 Å². The Morgan fingerprint density at radius 3 is 1.82 bits per heavy atom. The van der Waals surface area contributed by atoms with Crippen LogP contribution in [0.25, 0.3) is 0 Å². The molecule has 3 nitrogen and oxygen atoms in total. The number of hydrogen-bond donors (Lipinski definition) is 2. The summed E-state index contributed by atoms with van der Waals surface area (Å²) >= 11 is 0. The van der Waals surface area contributed by atoms with E-state index >= 15 is 0 Å². The molecule has 0 aromatic heterocycles. The number of aliphatic hydroxyl groups is 1. The predicted molar refractivity (Wildman–Crippen MR) is 39.5 cm³/mol. The third-order valence-corrected chi connectivity index (χ3v) is 0.523. The number of carboxylic acid groups (broad SMARTS) is 1. The summed E-state index contributed by atoms with van der Waals surface area (Å²) < 4.78 is 0. The van der Waals surface area contributed by atoms with Crippen LogP contribution in [0.1, 0.15) is 13.3 Å². The summed E-state index contributed by atoms with van der Waals surface area (Å²) in [6, 6.07) is 0. The van der Waals surface area contributed by atoms with Gasteiger partial charge in [0.2, 0.25) is 0 Å².